The van der Waals surface area contributed by atoms with Gasteiger partial charge in [0.1, 0.15) is 37.1 Å². The van der Waals surface area contributed by atoms with Gasteiger partial charge in [-0.3, -0.25) is 36.4 Å². The van der Waals surface area contributed by atoms with Gasteiger partial charge < -0.3 is 14.2 Å². The second kappa shape index (κ2) is 32.4. The minimum Gasteiger partial charge on any atom is -0.341 e. The molecule has 0 aromatic rings. The molecule has 2 rings (SSSR count). The predicted octanol–water partition coefficient (Wildman–Crippen LogP) is -9.83. The van der Waals surface area contributed by atoms with Gasteiger partial charge >= 0.3 is 83.2 Å². The van der Waals surface area contributed by atoms with Crippen molar-refractivity contribution >= 4 is 320 Å². The maximum atomic E-state index is 11.9. The van der Waals surface area contributed by atoms with E-state index in [-0.39, 0.29) is 236 Å². The topological polar surface area (TPSA) is 536 Å². The van der Waals surface area contributed by atoms with E-state index < -0.39 is 158 Å². The molecule has 0 spiro atoms. The summed E-state index contributed by atoms with van der Waals surface area (Å²) in [4.78, 5) is 0. The molecule has 51 heteroatoms. The van der Waals surface area contributed by atoms with E-state index in [1.807, 2.05) is 0 Å². The quantitative estimate of drug-likeness (QED) is 0.0391. The summed E-state index contributed by atoms with van der Waals surface area (Å²) in [6.45, 7) is -6.25. The second-order valence-electron chi connectivity index (χ2n) is 9.64. The molecule has 8 radical (unpaired) electrons. The van der Waals surface area contributed by atoms with Crippen molar-refractivity contribution in [2.75, 3.05) is 19.8 Å². The van der Waals surface area contributed by atoms with Crippen LogP contribution in [0.25, 0.3) is 0 Å². The van der Waals surface area contributed by atoms with Gasteiger partial charge in [-0.15, -0.1) is 0 Å². The van der Waals surface area contributed by atoms with Gasteiger partial charge in [-0.1, -0.05) is 0 Å². The van der Waals surface area contributed by atoms with Gasteiger partial charge in [-0.25, -0.2) is 33.5 Å². The predicted molar refractivity (Wildman–Crippen MR) is 198 cm³/mol. The van der Waals surface area contributed by atoms with E-state index in [1.54, 1.807) is 0 Å². The SMILES string of the molecule is O=S(=O)(O)OC[C@H]1O[C@@](COS(=O)(=O)O)(O[C@H]2O[C@H](COS(=O)(=O)O)[C@@H](OS(=O)(=O)O)[C@H](OS(=O)(=O)O)[C@H]2OS(=O)(=O)O)[C@@H](OS(=O)(=O)O)[C@@H]1OS(=O)(=O)O.[Na].[Na].[Na].[Na].[Na].[Na].[Na].[Na]. The summed E-state index contributed by atoms with van der Waals surface area (Å²) < 4.78 is 307. The van der Waals surface area contributed by atoms with Gasteiger partial charge in [0.25, 0.3) is 0 Å². The molecule has 8 N–H and O–H groups in total. The zero-order chi connectivity index (χ0) is 43.0. The molecule has 336 valence electrons. The van der Waals surface area contributed by atoms with Gasteiger partial charge in [0.2, 0.25) is 5.79 Å². The molecule has 0 bridgehead atoms. The fraction of sp³-hybridized carbons (Fsp3) is 1.00. The Kier molecular flexibility index (Phi) is 43.1. The molecule has 0 aromatic heterocycles. The molecule has 2 heterocycles. The maximum absolute atomic E-state index is 11.9. The van der Waals surface area contributed by atoms with E-state index in [4.69, 9.17) is 23.3 Å². The Bertz CT molecular complexity index is 2310. The normalized spacial score (nSPS) is 26.8. The van der Waals surface area contributed by atoms with E-state index in [0.29, 0.717) is 0 Å². The molecule has 0 saturated carbocycles. The molecule has 2 saturated heterocycles. The summed E-state index contributed by atoms with van der Waals surface area (Å²) in [6, 6.07) is 0. The van der Waals surface area contributed by atoms with E-state index in [1.165, 1.54) is 0 Å². The average molecular weight is 1170 g/mol. The van der Waals surface area contributed by atoms with E-state index in [2.05, 4.69) is 33.5 Å². The third kappa shape index (κ3) is 34.2. The van der Waals surface area contributed by atoms with Crippen LogP contribution in [0, 0.1) is 0 Å². The van der Waals surface area contributed by atoms with Gasteiger partial charge in [0.05, 0.1) is 13.2 Å². The molecule has 9 atom stereocenters. The smallest absolute Gasteiger partial charge is 0.341 e. The molecule has 0 unspecified atom stereocenters. The average Bonchev–Trinajstić information content (AvgIpc) is 3.15. The van der Waals surface area contributed by atoms with Crippen molar-refractivity contribution in [2.24, 2.45) is 0 Å². The number of ether oxygens (including phenoxy) is 3. The van der Waals surface area contributed by atoms with Gasteiger partial charge in [-0.2, -0.15) is 67.3 Å². The first kappa shape index (κ1) is 83.8. The Morgan fingerprint density at radius 3 is 1.05 bits per heavy atom. The van der Waals surface area contributed by atoms with Gasteiger partial charge in [0, 0.05) is 236 Å². The molecule has 2 fully saturated rings. The van der Waals surface area contributed by atoms with Gasteiger partial charge in [-0.05, 0) is 0 Å². The summed E-state index contributed by atoms with van der Waals surface area (Å²) in [5.74, 6) is -4.12. The Balaban J connectivity index is -0.000000784. The largest absolute Gasteiger partial charge is 0.397 e. The fourth-order valence-electron chi connectivity index (χ4n) is 4.24. The summed E-state index contributed by atoms with van der Waals surface area (Å²) >= 11 is 0. The zero-order valence-electron chi connectivity index (χ0n) is 33.1. The Hall–Kier alpha value is 6.84. The van der Waals surface area contributed by atoms with Crippen molar-refractivity contribution in [3.8, 4) is 0 Å². The van der Waals surface area contributed by atoms with Crippen molar-refractivity contribution in [1.29, 1.82) is 0 Å². The zero-order valence-corrected chi connectivity index (χ0v) is 55.6. The van der Waals surface area contributed by atoms with E-state index in [9.17, 15) is 94.7 Å². The monoisotopic (exact) mass is 1170 g/mol. The van der Waals surface area contributed by atoms with Crippen LogP contribution in [-0.4, -0.2) is 415 Å². The molecule has 0 aliphatic carbocycles. The summed E-state index contributed by atoms with van der Waals surface area (Å²) in [7, 11) is -48.3. The summed E-state index contributed by atoms with van der Waals surface area (Å²) in [5, 5.41) is 0. The molecule has 35 nitrogen and oxygen atoms in total. The molecule has 63 heavy (non-hydrogen) atoms. The summed E-state index contributed by atoms with van der Waals surface area (Å²) in [5.41, 5.74) is 0. The third-order valence-electron chi connectivity index (χ3n) is 5.68. The van der Waals surface area contributed by atoms with Crippen molar-refractivity contribution in [3.05, 3.63) is 0 Å². The van der Waals surface area contributed by atoms with Crippen molar-refractivity contribution in [3.63, 3.8) is 0 Å². The van der Waals surface area contributed by atoms with Crippen LogP contribution in [0.5, 0.6) is 0 Å². The van der Waals surface area contributed by atoms with Crippen LogP contribution in [0.15, 0.2) is 0 Å². The molecule has 2 aliphatic rings. The minimum atomic E-state index is -6.24. The van der Waals surface area contributed by atoms with Crippen molar-refractivity contribution < 1.29 is 151 Å². The van der Waals surface area contributed by atoms with Crippen LogP contribution < -0.4 is 0 Å². The molecule has 0 aromatic carbocycles. The van der Waals surface area contributed by atoms with Crippen LogP contribution in [0.2, 0.25) is 0 Å². The first-order valence-electron chi connectivity index (χ1n) is 12.3. The molecular formula is C12H22Na8O35S8. The Morgan fingerprint density at radius 2 is 0.698 bits per heavy atom. The van der Waals surface area contributed by atoms with Crippen LogP contribution in [-0.2, 0) is 131 Å². The first-order valence-corrected chi connectivity index (χ1v) is 23.2. The number of hydrogen-bond donors (Lipinski definition) is 8. The standard InChI is InChI=1S/C12H22O35S8.8Na/c13-48(14,15)37-1-4-6(43-51(22,23)24)8(45-53(28,29)30)9(46-54(31,32)33)11(40-4)42-12(3-39-50(19,20)21)10(47-55(34,35)36)7(44-52(25,26)27)5(41-12)2-38-49(16,17)18;;;;;;;;/h4-11H,1-3H2,(H,13,14,15)(H,16,17,18)(H,19,20,21)(H,22,23,24)(H,25,26,27)(H,28,29,30)(H,31,32,33)(H,34,35,36);;;;;;;;/t4-,5-,6-,7-,8+,9-,10+,11-,12+;;;;;;;;/m1......../s1. The summed E-state index contributed by atoms with van der Waals surface area (Å²) in [6.07, 6.45) is -26.0. The Labute approximate surface area is 535 Å². The third-order valence-corrected chi connectivity index (χ3v) is 9.28. The first-order chi connectivity index (χ1) is 24.2. The van der Waals surface area contributed by atoms with Crippen LogP contribution in [0.3, 0.4) is 0 Å². The van der Waals surface area contributed by atoms with Crippen molar-refractivity contribution in [1.82, 2.24) is 0 Å². The molecule has 0 amide bonds. The second-order valence-corrected chi connectivity index (χ2v) is 18.2. The van der Waals surface area contributed by atoms with Crippen LogP contribution in [0.1, 0.15) is 0 Å². The van der Waals surface area contributed by atoms with Crippen molar-refractivity contribution in [2.45, 2.75) is 54.8 Å². The van der Waals surface area contributed by atoms with Crippen LogP contribution >= 0.6 is 0 Å². The van der Waals surface area contributed by atoms with Gasteiger partial charge in [0.15, 0.2) is 18.5 Å². The van der Waals surface area contributed by atoms with E-state index >= 15 is 0 Å². The minimum absolute atomic E-state index is 0. The fourth-order valence-corrected chi connectivity index (χ4v) is 7.68. The van der Waals surface area contributed by atoms with Crippen LogP contribution in [0.4, 0.5) is 0 Å². The molecule has 2 aliphatic heterocycles. The maximum Gasteiger partial charge on any atom is 0.397 e. The number of hydrogen-bond acceptors (Lipinski definition) is 27. The Morgan fingerprint density at radius 1 is 0.381 bits per heavy atom. The van der Waals surface area contributed by atoms with E-state index in [0.717, 1.165) is 0 Å². The number of rotatable bonds is 21. The molecular weight excluding hydrogens is 1140 g/mol.